The topological polar surface area (TPSA) is 102 Å². The molecule has 1 N–H and O–H groups in total. The van der Waals surface area contributed by atoms with Gasteiger partial charge < -0.3 is 24.2 Å². The Bertz CT molecular complexity index is 852. The molecule has 0 bridgehead atoms. The van der Waals surface area contributed by atoms with Gasteiger partial charge in [0.1, 0.15) is 17.0 Å². The van der Waals surface area contributed by atoms with Crippen LogP contribution in [0.3, 0.4) is 0 Å². The quantitative estimate of drug-likeness (QED) is 0.758. The molecule has 27 heavy (non-hydrogen) atoms. The SMILES string of the molecule is CCOc1ccc(N2C=CC=CC(C(=O)OC)=C2C(=O)OC)cc1C(=O)O. The van der Waals surface area contributed by atoms with Gasteiger partial charge in [-0.05, 0) is 37.3 Å². The zero-order valence-corrected chi connectivity index (χ0v) is 15.1. The molecule has 1 aromatic rings. The van der Waals surface area contributed by atoms with Crippen LogP contribution in [0.5, 0.6) is 5.75 Å². The molecule has 8 nitrogen and oxygen atoms in total. The van der Waals surface area contributed by atoms with Crippen molar-refractivity contribution in [2.24, 2.45) is 0 Å². The normalized spacial score (nSPS) is 13.2. The number of rotatable bonds is 6. The molecular weight excluding hydrogens is 354 g/mol. The summed E-state index contributed by atoms with van der Waals surface area (Å²) in [5.41, 5.74) is 0.122. The van der Waals surface area contributed by atoms with Crippen molar-refractivity contribution >= 4 is 23.6 Å². The number of carbonyl (C=O) groups is 3. The standard InChI is InChI=1S/C19H19NO7/c1-4-27-15-9-8-12(11-14(15)17(21)22)20-10-6-5-7-13(18(23)25-2)16(20)19(24)26-3/h5-11H,4H2,1-3H3,(H,21,22). The zero-order valence-electron chi connectivity index (χ0n) is 15.1. The van der Waals surface area contributed by atoms with Crippen LogP contribution in [0.25, 0.3) is 0 Å². The summed E-state index contributed by atoms with van der Waals surface area (Å²) in [6.07, 6.45) is 6.08. The van der Waals surface area contributed by atoms with E-state index in [0.717, 1.165) is 0 Å². The minimum Gasteiger partial charge on any atom is -0.493 e. The Hall–Kier alpha value is -3.55. The van der Waals surface area contributed by atoms with E-state index in [9.17, 15) is 19.5 Å². The van der Waals surface area contributed by atoms with Crippen molar-refractivity contribution in [1.82, 2.24) is 0 Å². The number of anilines is 1. The number of benzene rings is 1. The van der Waals surface area contributed by atoms with Crippen LogP contribution in [0.4, 0.5) is 5.69 Å². The second kappa shape index (κ2) is 8.70. The van der Waals surface area contributed by atoms with Gasteiger partial charge in [0.15, 0.2) is 0 Å². The average molecular weight is 373 g/mol. The van der Waals surface area contributed by atoms with E-state index in [0.29, 0.717) is 12.3 Å². The maximum Gasteiger partial charge on any atom is 0.355 e. The average Bonchev–Trinajstić information content (AvgIpc) is 2.90. The Balaban J connectivity index is 2.67. The van der Waals surface area contributed by atoms with Gasteiger partial charge in [0, 0.05) is 11.9 Å². The fraction of sp³-hybridized carbons (Fsp3) is 0.211. The Morgan fingerprint density at radius 3 is 2.37 bits per heavy atom. The number of methoxy groups -OCH3 is 2. The van der Waals surface area contributed by atoms with Crippen molar-refractivity contribution in [3.8, 4) is 5.75 Å². The number of aromatic carboxylic acids is 1. The molecule has 0 spiro atoms. The van der Waals surface area contributed by atoms with Crippen LogP contribution >= 0.6 is 0 Å². The molecule has 142 valence electrons. The van der Waals surface area contributed by atoms with Gasteiger partial charge in [0.05, 0.1) is 26.4 Å². The molecule has 0 fully saturated rings. The van der Waals surface area contributed by atoms with Crippen molar-refractivity contribution in [2.75, 3.05) is 25.7 Å². The molecule has 0 unspecified atom stereocenters. The van der Waals surface area contributed by atoms with Crippen molar-refractivity contribution in [3.63, 3.8) is 0 Å². The van der Waals surface area contributed by atoms with E-state index in [2.05, 4.69) is 0 Å². The Kier molecular flexibility index (Phi) is 6.37. The summed E-state index contributed by atoms with van der Waals surface area (Å²) in [6.45, 7) is 2.04. The lowest BCUT2D eigenvalue weighted by Gasteiger charge is -2.23. The number of esters is 2. The Morgan fingerprint density at radius 2 is 1.78 bits per heavy atom. The summed E-state index contributed by atoms with van der Waals surface area (Å²) < 4.78 is 14.9. The highest BCUT2D eigenvalue weighted by Gasteiger charge is 2.28. The molecule has 1 aliphatic heterocycles. The van der Waals surface area contributed by atoms with Crippen molar-refractivity contribution in [2.45, 2.75) is 6.92 Å². The van der Waals surface area contributed by atoms with Crippen molar-refractivity contribution in [3.05, 3.63) is 59.5 Å². The maximum absolute atomic E-state index is 12.4. The molecule has 0 saturated carbocycles. The van der Waals surface area contributed by atoms with E-state index < -0.39 is 17.9 Å². The molecule has 0 saturated heterocycles. The van der Waals surface area contributed by atoms with Gasteiger partial charge >= 0.3 is 17.9 Å². The van der Waals surface area contributed by atoms with Gasteiger partial charge in [-0.3, -0.25) is 0 Å². The summed E-state index contributed by atoms with van der Waals surface area (Å²) in [4.78, 5) is 37.5. The number of hydrogen-bond acceptors (Lipinski definition) is 7. The summed E-state index contributed by atoms with van der Waals surface area (Å²) in [5, 5.41) is 9.46. The van der Waals surface area contributed by atoms with Gasteiger partial charge in [-0.15, -0.1) is 0 Å². The molecule has 8 heteroatoms. The van der Waals surface area contributed by atoms with Crippen molar-refractivity contribution in [1.29, 1.82) is 0 Å². The fourth-order valence-electron chi connectivity index (χ4n) is 2.48. The summed E-state index contributed by atoms with van der Waals surface area (Å²) in [6, 6.07) is 4.41. The lowest BCUT2D eigenvalue weighted by atomic mass is 10.1. The third-order valence-electron chi connectivity index (χ3n) is 3.66. The lowest BCUT2D eigenvalue weighted by molar-refractivity contribution is -0.139. The van der Waals surface area contributed by atoms with Gasteiger partial charge in [0.25, 0.3) is 0 Å². The van der Waals surface area contributed by atoms with Crippen LogP contribution in [-0.2, 0) is 19.1 Å². The van der Waals surface area contributed by atoms with E-state index in [1.807, 2.05) is 0 Å². The van der Waals surface area contributed by atoms with E-state index in [-0.39, 0.29) is 22.6 Å². The molecule has 2 rings (SSSR count). The number of carboxylic acid groups (broad SMARTS) is 1. The highest BCUT2D eigenvalue weighted by Crippen LogP contribution is 2.30. The van der Waals surface area contributed by atoms with Crippen LogP contribution in [0, 0.1) is 0 Å². The first-order valence-corrected chi connectivity index (χ1v) is 7.99. The monoisotopic (exact) mass is 373 g/mol. The Labute approximate surface area is 155 Å². The summed E-state index contributed by atoms with van der Waals surface area (Å²) >= 11 is 0. The van der Waals surface area contributed by atoms with E-state index >= 15 is 0 Å². The van der Waals surface area contributed by atoms with Crippen LogP contribution in [0.15, 0.2) is 53.9 Å². The summed E-state index contributed by atoms with van der Waals surface area (Å²) in [7, 11) is 2.38. The predicted molar refractivity (Wildman–Crippen MR) is 96.4 cm³/mol. The lowest BCUT2D eigenvalue weighted by Crippen LogP contribution is -2.27. The number of hydrogen-bond donors (Lipinski definition) is 1. The van der Waals surface area contributed by atoms with Gasteiger partial charge in [0.2, 0.25) is 0 Å². The number of nitrogens with zero attached hydrogens (tertiary/aromatic N) is 1. The third kappa shape index (κ3) is 4.17. The van der Waals surface area contributed by atoms with Crippen LogP contribution in [0.2, 0.25) is 0 Å². The maximum atomic E-state index is 12.4. The second-order valence-corrected chi connectivity index (χ2v) is 5.23. The molecule has 0 atom stereocenters. The van der Waals surface area contributed by atoms with Crippen LogP contribution < -0.4 is 9.64 Å². The first kappa shape index (κ1) is 19.8. The predicted octanol–water partition coefficient (Wildman–Crippen LogP) is 2.27. The van der Waals surface area contributed by atoms with E-state index in [4.69, 9.17) is 14.2 Å². The number of carboxylic acids is 1. The Morgan fingerprint density at radius 1 is 1.07 bits per heavy atom. The molecule has 0 radical (unpaired) electrons. The van der Waals surface area contributed by atoms with Crippen molar-refractivity contribution < 1.29 is 33.7 Å². The smallest absolute Gasteiger partial charge is 0.355 e. The highest BCUT2D eigenvalue weighted by molar-refractivity contribution is 6.05. The first-order valence-electron chi connectivity index (χ1n) is 7.99. The zero-order chi connectivity index (χ0) is 20.0. The van der Waals surface area contributed by atoms with Crippen LogP contribution in [-0.4, -0.2) is 43.8 Å². The second-order valence-electron chi connectivity index (χ2n) is 5.23. The molecule has 0 amide bonds. The third-order valence-corrected chi connectivity index (χ3v) is 3.66. The van der Waals surface area contributed by atoms with Gasteiger partial charge in [-0.25, -0.2) is 14.4 Å². The minimum atomic E-state index is -1.19. The van der Waals surface area contributed by atoms with Gasteiger partial charge in [-0.1, -0.05) is 6.08 Å². The largest absolute Gasteiger partial charge is 0.493 e. The molecule has 1 aromatic carbocycles. The molecule has 1 aliphatic rings. The van der Waals surface area contributed by atoms with Gasteiger partial charge in [-0.2, -0.15) is 0 Å². The number of allylic oxidation sites excluding steroid dienone is 2. The molecular formula is C19H19NO7. The summed E-state index contributed by atoms with van der Waals surface area (Å²) in [5.74, 6) is -2.50. The number of ether oxygens (including phenoxy) is 3. The van der Waals surface area contributed by atoms with E-state index in [1.165, 1.54) is 43.5 Å². The fourth-order valence-corrected chi connectivity index (χ4v) is 2.48. The molecule has 1 heterocycles. The first-order chi connectivity index (χ1) is 12.9. The highest BCUT2D eigenvalue weighted by atomic mass is 16.5. The number of carbonyl (C=O) groups excluding carboxylic acids is 2. The molecule has 0 aliphatic carbocycles. The van der Waals surface area contributed by atoms with Crippen LogP contribution in [0.1, 0.15) is 17.3 Å². The van der Waals surface area contributed by atoms with E-state index in [1.54, 1.807) is 25.1 Å². The minimum absolute atomic E-state index is 0.0277. The molecule has 0 aromatic heterocycles.